The summed E-state index contributed by atoms with van der Waals surface area (Å²) in [4.78, 5) is 4.35. The Kier molecular flexibility index (Phi) is 2.32. The fraction of sp³-hybridized carbons (Fsp3) is 0.154. The molecule has 0 saturated carbocycles. The maximum Gasteiger partial charge on any atom is 0.0704 e. The van der Waals surface area contributed by atoms with Crippen molar-refractivity contribution >= 4 is 0 Å². The van der Waals surface area contributed by atoms with Gasteiger partial charge in [0.2, 0.25) is 0 Å². The largest absolute Gasteiger partial charge is 0.256 e. The van der Waals surface area contributed by atoms with Gasteiger partial charge in [-0.15, -0.1) is 0 Å². The van der Waals surface area contributed by atoms with Crippen LogP contribution in [0.1, 0.15) is 11.1 Å². The first-order valence-corrected chi connectivity index (χ1v) is 4.76. The standard InChI is InChI=1S/C13H13N/c1-10-6-5-7-12(11(10)2)13-8-3-4-9-14-13/h3-9H,1-2H3. The summed E-state index contributed by atoms with van der Waals surface area (Å²) in [5.41, 5.74) is 4.90. The molecule has 1 nitrogen and oxygen atoms in total. The average Bonchev–Trinajstić information content (AvgIpc) is 2.23. The van der Waals surface area contributed by atoms with Crippen molar-refractivity contribution in [2.24, 2.45) is 0 Å². The summed E-state index contributed by atoms with van der Waals surface area (Å²) >= 11 is 0. The van der Waals surface area contributed by atoms with Gasteiger partial charge in [-0.3, -0.25) is 4.98 Å². The van der Waals surface area contributed by atoms with Crippen LogP contribution in [0, 0.1) is 13.8 Å². The van der Waals surface area contributed by atoms with Gasteiger partial charge in [-0.2, -0.15) is 0 Å². The van der Waals surface area contributed by atoms with E-state index in [-0.39, 0.29) is 0 Å². The predicted molar refractivity (Wildman–Crippen MR) is 59.1 cm³/mol. The average molecular weight is 183 g/mol. The number of aryl methyl sites for hydroxylation is 1. The fourth-order valence-corrected chi connectivity index (χ4v) is 1.55. The fourth-order valence-electron chi connectivity index (χ4n) is 1.55. The van der Waals surface area contributed by atoms with Crippen molar-refractivity contribution in [3.05, 3.63) is 53.7 Å². The summed E-state index contributed by atoms with van der Waals surface area (Å²) < 4.78 is 0. The summed E-state index contributed by atoms with van der Waals surface area (Å²) in [6, 6.07) is 12.3. The second-order valence-corrected chi connectivity index (χ2v) is 3.46. The molecule has 14 heavy (non-hydrogen) atoms. The molecule has 0 bridgehead atoms. The van der Waals surface area contributed by atoms with Gasteiger partial charge in [0.05, 0.1) is 5.69 Å². The molecule has 2 rings (SSSR count). The molecule has 1 heterocycles. The topological polar surface area (TPSA) is 12.9 Å². The summed E-state index contributed by atoms with van der Waals surface area (Å²) in [6.45, 7) is 4.27. The molecule has 1 aromatic heterocycles. The molecule has 0 radical (unpaired) electrons. The number of aromatic nitrogens is 1. The molecule has 1 heteroatoms. The quantitative estimate of drug-likeness (QED) is 0.660. The monoisotopic (exact) mass is 183 g/mol. The number of rotatable bonds is 1. The van der Waals surface area contributed by atoms with Crippen molar-refractivity contribution in [3.63, 3.8) is 0 Å². The highest BCUT2D eigenvalue weighted by Crippen LogP contribution is 2.22. The van der Waals surface area contributed by atoms with Gasteiger partial charge in [0.25, 0.3) is 0 Å². The Balaban J connectivity index is 2.58. The van der Waals surface area contributed by atoms with Crippen molar-refractivity contribution in [1.29, 1.82) is 0 Å². The van der Waals surface area contributed by atoms with E-state index in [4.69, 9.17) is 0 Å². The summed E-state index contributed by atoms with van der Waals surface area (Å²) in [6.07, 6.45) is 1.83. The Morgan fingerprint density at radius 2 is 1.79 bits per heavy atom. The normalized spacial score (nSPS) is 10.1. The van der Waals surface area contributed by atoms with Crippen LogP contribution in [0.15, 0.2) is 42.6 Å². The van der Waals surface area contributed by atoms with E-state index in [1.165, 1.54) is 16.7 Å². The minimum Gasteiger partial charge on any atom is -0.256 e. The van der Waals surface area contributed by atoms with Gasteiger partial charge in [-0.05, 0) is 37.1 Å². The summed E-state index contributed by atoms with van der Waals surface area (Å²) in [5, 5.41) is 0. The molecule has 2 aromatic rings. The molecule has 70 valence electrons. The molecule has 1 aromatic carbocycles. The van der Waals surface area contributed by atoms with Gasteiger partial charge in [0.15, 0.2) is 0 Å². The molecule has 0 amide bonds. The lowest BCUT2D eigenvalue weighted by Gasteiger charge is -2.06. The van der Waals surface area contributed by atoms with Crippen LogP contribution in [0.25, 0.3) is 11.3 Å². The molecular weight excluding hydrogens is 170 g/mol. The van der Waals surface area contributed by atoms with Crippen LogP contribution in [0.2, 0.25) is 0 Å². The van der Waals surface area contributed by atoms with Crippen molar-refractivity contribution in [2.75, 3.05) is 0 Å². The lowest BCUT2D eigenvalue weighted by molar-refractivity contribution is 1.28. The van der Waals surface area contributed by atoms with E-state index in [2.05, 4.69) is 37.0 Å². The van der Waals surface area contributed by atoms with Crippen molar-refractivity contribution in [2.45, 2.75) is 13.8 Å². The van der Waals surface area contributed by atoms with Gasteiger partial charge in [-0.1, -0.05) is 24.3 Å². The van der Waals surface area contributed by atoms with E-state index < -0.39 is 0 Å². The zero-order valence-electron chi connectivity index (χ0n) is 8.49. The lowest BCUT2D eigenvalue weighted by Crippen LogP contribution is -1.88. The molecular formula is C13H13N. The van der Waals surface area contributed by atoms with Crippen molar-refractivity contribution in [1.82, 2.24) is 4.98 Å². The minimum absolute atomic E-state index is 1.05. The SMILES string of the molecule is Cc1cccc(-c2ccccn2)c1C. The number of benzene rings is 1. The van der Waals surface area contributed by atoms with Crippen LogP contribution in [0.3, 0.4) is 0 Å². The molecule has 0 unspecified atom stereocenters. The summed E-state index contributed by atoms with van der Waals surface area (Å²) in [7, 11) is 0. The summed E-state index contributed by atoms with van der Waals surface area (Å²) in [5.74, 6) is 0. The molecule has 0 aliphatic heterocycles. The van der Waals surface area contributed by atoms with Crippen LogP contribution < -0.4 is 0 Å². The first-order chi connectivity index (χ1) is 6.79. The van der Waals surface area contributed by atoms with E-state index >= 15 is 0 Å². The van der Waals surface area contributed by atoms with Gasteiger partial charge >= 0.3 is 0 Å². The highest BCUT2D eigenvalue weighted by atomic mass is 14.7. The van der Waals surface area contributed by atoms with Crippen molar-refractivity contribution in [3.8, 4) is 11.3 Å². The third-order valence-electron chi connectivity index (χ3n) is 2.55. The van der Waals surface area contributed by atoms with E-state index in [1.807, 2.05) is 24.4 Å². The van der Waals surface area contributed by atoms with Gasteiger partial charge < -0.3 is 0 Å². The molecule has 0 spiro atoms. The van der Waals surface area contributed by atoms with E-state index in [0.29, 0.717) is 0 Å². The van der Waals surface area contributed by atoms with Crippen molar-refractivity contribution < 1.29 is 0 Å². The Morgan fingerprint density at radius 3 is 2.50 bits per heavy atom. The maximum atomic E-state index is 4.35. The van der Waals surface area contributed by atoms with E-state index in [9.17, 15) is 0 Å². The number of hydrogen-bond acceptors (Lipinski definition) is 1. The van der Waals surface area contributed by atoms with Crippen LogP contribution in [0.4, 0.5) is 0 Å². The van der Waals surface area contributed by atoms with Crippen LogP contribution >= 0.6 is 0 Å². The Morgan fingerprint density at radius 1 is 0.929 bits per heavy atom. The first kappa shape index (κ1) is 8.95. The molecule has 0 N–H and O–H groups in total. The third-order valence-corrected chi connectivity index (χ3v) is 2.55. The van der Waals surface area contributed by atoms with Crippen LogP contribution in [-0.2, 0) is 0 Å². The zero-order valence-corrected chi connectivity index (χ0v) is 8.49. The Bertz CT molecular complexity index is 432. The number of hydrogen-bond donors (Lipinski definition) is 0. The van der Waals surface area contributed by atoms with Crippen LogP contribution in [-0.4, -0.2) is 4.98 Å². The maximum absolute atomic E-state index is 4.35. The third kappa shape index (κ3) is 1.53. The molecule has 0 saturated heterocycles. The highest BCUT2D eigenvalue weighted by molar-refractivity contribution is 5.64. The molecule has 0 atom stereocenters. The van der Waals surface area contributed by atoms with E-state index in [1.54, 1.807) is 0 Å². The second-order valence-electron chi connectivity index (χ2n) is 3.46. The highest BCUT2D eigenvalue weighted by Gasteiger charge is 2.02. The zero-order chi connectivity index (χ0) is 9.97. The molecule has 0 aliphatic carbocycles. The van der Waals surface area contributed by atoms with E-state index in [0.717, 1.165) is 5.69 Å². The lowest BCUT2D eigenvalue weighted by atomic mass is 10.0. The predicted octanol–water partition coefficient (Wildman–Crippen LogP) is 3.37. The smallest absolute Gasteiger partial charge is 0.0704 e. The molecule has 0 aliphatic rings. The Hall–Kier alpha value is -1.63. The first-order valence-electron chi connectivity index (χ1n) is 4.76. The number of pyridine rings is 1. The van der Waals surface area contributed by atoms with Gasteiger partial charge in [-0.25, -0.2) is 0 Å². The van der Waals surface area contributed by atoms with Gasteiger partial charge in [0.1, 0.15) is 0 Å². The minimum atomic E-state index is 1.05. The molecule has 0 fully saturated rings. The van der Waals surface area contributed by atoms with Crippen LogP contribution in [0.5, 0.6) is 0 Å². The number of nitrogens with zero attached hydrogens (tertiary/aromatic N) is 1. The Labute approximate surface area is 84.4 Å². The van der Waals surface area contributed by atoms with Gasteiger partial charge in [0, 0.05) is 11.8 Å². The second kappa shape index (κ2) is 3.62.